The van der Waals surface area contributed by atoms with E-state index in [4.69, 9.17) is 0 Å². The molecular weight excluding hydrogens is 271 g/mol. The third kappa shape index (κ3) is 5.54. The lowest BCUT2D eigenvalue weighted by Crippen LogP contribution is -2.42. The number of alkyl halides is 3. The van der Waals surface area contributed by atoms with Crippen molar-refractivity contribution in [2.75, 3.05) is 11.9 Å². The van der Waals surface area contributed by atoms with Gasteiger partial charge in [-0.1, -0.05) is 0 Å². The highest BCUT2D eigenvalue weighted by molar-refractivity contribution is 5.84. The van der Waals surface area contributed by atoms with Crippen molar-refractivity contribution in [2.24, 2.45) is 0 Å². The highest BCUT2D eigenvalue weighted by Gasteiger charge is 2.28. The molecule has 0 fully saturated rings. The van der Waals surface area contributed by atoms with Crippen LogP contribution in [-0.2, 0) is 4.79 Å². The number of carbonyl (C=O) groups is 1. The van der Waals surface area contributed by atoms with Gasteiger partial charge in [0.1, 0.15) is 24.2 Å². The Kier molecular flexibility index (Phi) is 4.68. The first-order chi connectivity index (χ1) is 8.67. The van der Waals surface area contributed by atoms with E-state index in [-0.39, 0.29) is 5.69 Å². The number of hydrogen-bond donors (Lipinski definition) is 2. The molecule has 0 radical (unpaired) electrons. The predicted molar refractivity (Wildman–Crippen MR) is 58.5 cm³/mol. The van der Waals surface area contributed by atoms with E-state index in [1.807, 2.05) is 0 Å². The topological polar surface area (TPSA) is 41.1 Å². The number of amides is 1. The average molecular weight is 282 g/mol. The summed E-state index contributed by atoms with van der Waals surface area (Å²) in [6.07, 6.45) is -4.51. The van der Waals surface area contributed by atoms with Gasteiger partial charge in [0.25, 0.3) is 0 Å². The maximum atomic E-state index is 12.9. The molecule has 0 saturated heterocycles. The molecule has 0 aliphatic heterocycles. The van der Waals surface area contributed by atoms with Crippen molar-refractivity contribution in [1.82, 2.24) is 5.32 Å². The van der Waals surface area contributed by atoms with Gasteiger partial charge in [0.2, 0.25) is 5.91 Å². The van der Waals surface area contributed by atoms with Crippen molar-refractivity contribution < 1.29 is 26.7 Å². The first-order valence-electron chi connectivity index (χ1n) is 5.24. The SMILES string of the molecule is CC(Nc1cc(F)cc(F)c1)C(=O)NCC(F)(F)F. The summed E-state index contributed by atoms with van der Waals surface area (Å²) >= 11 is 0. The summed E-state index contributed by atoms with van der Waals surface area (Å²) in [6, 6.07) is 1.43. The molecule has 1 aromatic rings. The maximum Gasteiger partial charge on any atom is 0.405 e. The standard InChI is InChI=1S/C11H11F5N2O/c1-6(10(19)17-5-11(14,15)16)18-9-3-7(12)2-8(13)4-9/h2-4,6,18H,5H2,1H3,(H,17,19). The third-order valence-corrected chi connectivity index (χ3v) is 2.10. The zero-order chi connectivity index (χ0) is 14.6. The van der Waals surface area contributed by atoms with E-state index in [9.17, 15) is 26.7 Å². The molecule has 0 aliphatic carbocycles. The number of anilines is 1. The van der Waals surface area contributed by atoms with E-state index in [2.05, 4.69) is 5.32 Å². The van der Waals surface area contributed by atoms with Crippen LogP contribution in [0.15, 0.2) is 18.2 Å². The van der Waals surface area contributed by atoms with Crippen LogP contribution in [0.2, 0.25) is 0 Å². The fourth-order valence-corrected chi connectivity index (χ4v) is 1.29. The molecule has 2 N–H and O–H groups in total. The summed E-state index contributed by atoms with van der Waals surface area (Å²) < 4.78 is 61.3. The van der Waals surface area contributed by atoms with Crippen molar-refractivity contribution >= 4 is 11.6 Å². The van der Waals surface area contributed by atoms with Gasteiger partial charge in [0.05, 0.1) is 0 Å². The zero-order valence-corrected chi connectivity index (χ0v) is 9.81. The zero-order valence-electron chi connectivity index (χ0n) is 9.81. The Morgan fingerprint density at radius 1 is 1.21 bits per heavy atom. The second-order valence-electron chi connectivity index (χ2n) is 3.86. The van der Waals surface area contributed by atoms with Crippen molar-refractivity contribution in [3.05, 3.63) is 29.8 Å². The lowest BCUT2D eigenvalue weighted by molar-refractivity contribution is -0.138. The van der Waals surface area contributed by atoms with Gasteiger partial charge in [-0.05, 0) is 19.1 Å². The second kappa shape index (κ2) is 5.85. The van der Waals surface area contributed by atoms with Gasteiger partial charge in [-0.2, -0.15) is 13.2 Å². The van der Waals surface area contributed by atoms with Crippen LogP contribution in [0.3, 0.4) is 0 Å². The molecule has 1 unspecified atom stereocenters. The molecule has 1 rings (SSSR count). The fraction of sp³-hybridized carbons (Fsp3) is 0.364. The molecular formula is C11H11F5N2O. The number of hydrogen-bond acceptors (Lipinski definition) is 2. The number of rotatable bonds is 4. The summed E-state index contributed by atoms with van der Waals surface area (Å²) in [5, 5.41) is 4.06. The molecule has 0 heterocycles. The smallest absolute Gasteiger partial charge is 0.374 e. The van der Waals surface area contributed by atoms with E-state index in [0.29, 0.717) is 6.07 Å². The lowest BCUT2D eigenvalue weighted by atomic mass is 10.2. The molecule has 106 valence electrons. The van der Waals surface area contributed by atoms with Crippen LogP contribution in [0, 0.1) is 11.6 Å². The van der Waals surface area contributed by atoms with Crippen LogP contribution in [0.1, 0.15) is 6.92 Å². The summed E-state index contributed by atoms with van der Waals surface area (Å²) in [4.78, 5) is 11.3. The molecule has 0 bridgehead atoms. The molecule has 19 heavy (non-hydrogen) atoms. The number of halogens is 5. The molecule has 8 heteroatoms. The van der Waals surface area contributed by atoms with Gasteiger partial charge >= 0.3 is 6.18 Å². The summed E-state index contributed by atoms with van der Waals surface area (Å²) in [6.45, 7) is -0.191. The van der Waals surface area contributed by atoms with E-state index >= 15 is 0 Å². The van der Waals surface area contributed by atoms with Crippen molar-refractivity contribution in [2.45, 2.75) is 19.1 Å². The minimum atomic E-state index is -4.51. The van der Waals surface area contributed by atoms with E-state index in [0.717, 1.165) is 12.1 Å². The van der Waals surface area contributed by atoms with Crippen LogP contribution in [0.5, 0.6) is 0 Å². The monoisotopic (exact) mass is 282 g/mol. The van der Waals surface area contributed by atoms with Crippen molar-refractivity contribution in [3.8, 4) is 0 Å². The largest absolute Gasteiger partial charge is 0.405 e. The Balaban J connectivity index is 2.58. The Morgan fingerprint density at radius 3 is 2.21 bits per heavy atom. The Labute approximate surface area is 105 Å². The van der Waals surface area contributed by atoms with Gasteiger partial charge in [-0.3, -0.25) is 4.79 Å². The molecule has 3 nitrogen and oxygen atoms in total. The minimum absolute atomic E-state index is 0.0350. The molecule has 0 saturated carbocycles. The van der Waals surface area contributed by atoms with Crippen molar-refractivity contribution in [1.29, 1.82) is 0 Å². The molecule has 0 spiro atoms. The van der Waals surface area contributed by atoms with Gasteiger partial charge in [0, 0.05) is 11.8 Å². The number of carbonyl (C=O) groups excluding carboxylic acids is 1. The van der Waals surface area contributed by atoms with Gasteiger partial charge in [0.15, 0.2) is 0 Å². The number of benzene rings is 1. The van der Waals surface area contributed by atoms with Crippen LogP contribution >= 0.6 is 0 Å². The molecule has 0 aromatic heterocycles. The van der Waals surface area contributed by atoms with Crippen LogP contribution < -0.4 is 10.6 Å². The number of nitrogens with one attached hydrogen (secondary N) is 2. The summed E-state index contributed by atoms with van der Waals surface area (Å²) in [5.41, 5.74) is -0.0350. The second-order valence-corrected chi connectivity index (χ2v) is 3.86. The third-order valence-electron chi connectivity index (χ3n) is 2.10. The fourth-order valence-electron chi connectivity index (χ4n) is 1.29. The quantitative estimate of drug-likeness (QED) is 0.833. The van der Waals surface area contributed by atoms with Crippen LogP contribution in [0.25, 0.3) is 0 Å². The average Bonchev–Trinajstić information content (AvgIpc) is 2.23. The van der Waals surface area contributed by atoms with Gasteiger partial charge in [-0.25, -0.2) is 8.78 Å². The Hall–Kier alpha value is -1.86. The first-order valence-corrected chi connectivity index (χ1v) is 5.24. The summed E-state index contributed by atoms with van der Waals surface area (Å²) in [5.74, 6) is -2.64. The molecule has 1 amide bonds. The minimum Gasteiger partial charge on any atom is -0.374 e. The molecule has 1 aromatic carbocycles. The van der Waals surface area contributed by atoms with E-state index < -0.39 is 36.3 Å². The highest BCUT2D eigenvalue weighted by atomic mass is 19.4. The normalized spacial score (nSPS) is 12.9. The first kappa shape index (κ1) is 15.2. The van der Waals surface area contributed by atoms with E-state index in [1.54, 1.807) is 5.32 Å². The lowest BCUT2D eigenvalue weighted by Gasteiger charge is -2.16. The highest BCUT2D eigenvalue weighted by Crippen LogP contribution is 2.15. The van der Waals surface area contributed by atoms with Crippen LogP contribution in [-0.4, -0.2) is 24.7 Å². The van der Waals surface area contributed by atoms with Gasteiger partial charge in [-0.15, -0.1) is 0 Å². The summed E-state index contributed by atoms with van der Waals surface area (Å²) in [7, 11) is 0. The maximum absolute atomic E-state index is 12.9. The Bertz CT molecular complexity index is 441. The predicted octanol–water partition coefficient (Wildman–Crippen LogP) is 2.44. The Morgan fingerprint density at radius 2 is 1.74 bits per heavy atom. The van der Waals surface area contributed by atoms with E-state index in [1.165, 1.54) is 6.92 Å². The van der Waals surface area contributed by atoms with Crippen molar-refractivity contribution in [3.63, 3.8) is 0 Å². The van der Waals surface area contributed by atoms with Gasteiger partial charge < -0.3 is 10.6 Å². The van der Waals surface area contributed by atoms with Crippen LogP contribution in [0.4, 0.5) is 27.6 Å². The molecule has 0 aliphatic rings. The molecule has 1 atom stereocenters.